The number of rotatable bonds is 10. The summed E-state index contributed by atoms with van der Waals surface area (Å²) in [5, 5.41) is 2.07. The fourth-order valence-electron chi connectivity index (χ4n) is 9.97. The van der Waals surface area contributed by atoms with Gasteiger partial charge in [-0.25, -0.2) is 4.98 Å². The highest BCUT2D eigenvalue weighted by Gasteiger charge is 2.36. The highest BCUT2D eigenvalue weighted by molar-refractivity contribution is 6.09. The summed E-state index contributed by atoms with van der Waals surface area (Å²) in [5.41, 5.74) is 11.2. The number of nitrogens with zero attached hydrogens (tertiary/aromatic N) is 4. The number of ether oxygens (including phenoxy) is 1. The summed E-state index contributed by atoms with van der Waals surface area (Å²) in [6.45, 7) is 14.4. The molecule has 6 aromatic carbocycles. The van der Waals surface area contributed by atoms with Crippen LogP contribution in [0.3, 0.4) is 0 Å². The Balaban J connectivity index is 1.15. The van der Waals surface area contributed by atoms with E-state index in [4.69, 9.17) is 9.72 Å². The lowest BCUT2D eigenvalue weighted by atomic mass is 9.65. The maximum Gasteiger partial charge on any atom is 0.137 e. The third kappa shape index (κ3) is 7.26. The Bertz CT molecular complexity index is 3110. The number of pyridine rings is 1. The summed E-state index contributed by atoms with van der Waals surface area (Å²) in [5.74, 6) is 2.98. The van der Waals surface area contributed by atoms with Crippen LogP contribution in [0, 0.1) is 0 Å². The summed E-state index contributed by atoms with van der Waals surface area (Å²) in [4.78, 5) is 9.62. The van der Waals surface area contributed by atoms with E-state index >= 15 is 0 Å². The molecule has 3 heterocycles. The SMILES string of the molecule is [2H]C1([2H])CCCC([2H])([2H])C1(c1ccccc1)c1ccnc(-n2c3ccccc3c3ccc(Oc4cc(-c5c(C(C)C)cc(C(C)C)cc5C(C)C)cc(N5CN(C)c6ccccc65)c4)cc32)c1. The van der Waals surface area contributed by atoms with E-state index in [-0.39, 0.29) is 12.8 Å². The predicted octanol–water partition coefficient (Wildman–Crippen LogP) is 15.8. The molecular weight excluding hydrogens is 769 g/mol. The summed E-state index contributed by atoms with van der Waals surface area (Å²) in [6.07, 6.45) is -1.07. The Hall–Kier alpha value is -6.33. The van der Waals surface area contributed by atoms with Crippen molar-refractivity contribution < 1.29 is 10.2 Å². The second kappa shape index (κ2) is 16.4. The topological polar surface area (TPSA) is 33.5 Å². The van der Waals surface area contributed by atoms with Crippen LogP contribution in [-0.2, 0) is 5.41 Å². The third-order valence-electron chi connectivity index (χ3n) is 13.2. The number of anilines is 3. The molecule has 0 saturated heterocycles. The summed E-state index contributed by atoms with van der Waals surface area (Å²) >= 11 is 0. The van der Waals surface area contributed by atoms with Crippen molar-refractivity contribution in [1.29, 1.82) is 0 Å². The Kier molecular flexibility index (Phi) is 9.43. The Morgan fingerprint density at radius 3 is 2.02 bits per heavy atom. The van der Waals surface area contributed by atoms with Crippen molar-refractivity contribution in [3.8, 4) is 28.4 Å². The van der Waals surface area contributed by atoms with E-state index in [2.05, 4.69) is 142 Å². The van der Waals surface area contributed by atoms with Crippen molar-refractivity contribution >= 4 is 38.9 Å². The average molecular weight is 833 g/mol. The van der Waals surface area contributed by atoms with E-state index < -0.39 is 18.2 Å². The van der Waals surface area contributed by atoms with E-state index in [1.807, 2.05) is 60.7 Å². The van der Waals surface area contributed by atoms with Gasteiger partial charge in [-0.1, -0.05) is 134 Å². The number of hydrogen-bond donors (Lipinski definition) is 0. The maximum absolute atomic E-state index is 9.56. The minimum absolute atomic E-state index is 0.250. The Morgan fingerprint density at radius 1 is 0.603 bits per heavy atom. The molecule has 1 saturated carbocycles. The van der Waals surface area contributed by atoms with Gasteiger partial charge >= 0.3 is 0 Å². The molecule has 0 atom stereocenters. The number of aromatic nitrogens is 2. The Labute approximate surface area is 379 Å². The molecule has 63 heavy (non-hydrogen) atoms. The fourth-order valence-corrected chi connectivity index (χ4v) is 9.97. The van der Waals surface area contributed by atoms with Crippen LogP contribution < -0.4 is 14.5 Å². The van der Waals surface area contributed by atoms with Crippen molar-refractivity contribution in [1.82, 2.24) is 9.55 Å². The quantitative estimate of drug-likeness (QED) is 0.137. The molecule has 1 aliphatic heterocycles. The number of benzene rings is 6. The lowest BCUT2D eigenvalue weighted by Gasteiger charge is -2.38. The largest absolute Gasteiger partial charge is 0.457 e. The molecule has 8 aromatic rings. The zero-order valence-electron chi connectivity index (χ0n) is 41.6. The molecule has 0 bridgehead atoms. The first-order valence-corrected chi connectivity index (χ1v) is 22.7. The zero-order valence-corrected chi connectivity index (χ0v) is 37.6. The van der Waals surface area contributed by atoms with Crippen LogP contribution in [0.15, 0.2) is 146 Å². The molecule has 0 amide bonds. The first kappa shape index (κ1) is 36.2. The van der Waals surface area contributed by atoms with Gasteiger partial charge in [0.15, 0.2) is 0 Å². The molecular formula is C58H60N4O. The molecule has 318 valence electrons. The highest BCUT2D eigenvalue weighted by atomic mass is 16.5. The molecule has 1 fully saturated rings. The highest BCUT2D eigenvalue weighted by Crippen LogP contribution is 2.48. The van der Waals surface area contributed by atoms with Crippen molar-refractivity contribution in [2.24, 2.45) is 0 Å². The van der Waals surface area contributed by atoms with Crippen LogP contribution in [0.1, 0.15) is 125 Å². The van der Waals surface area contributed by atoms with Crippen molar-refractivity contribution in [2.45, 2.75) is 96.7 Å². The molecule has 2 aliphatic rings. The summed E-state index contributed by atoms with van der Waals surface area (Å²) in [6, 6.07) is 47.7. The molecule has 5 nitrogen and oxygen atoms in total. The molecule has 5 heteroatoms. The van der Waals surface area contributed by atoms with Crippen LogP contribution in [0.4, 0.5) is 17.1 Å². The normalized spacial score (nSPS) is 17.6. The van der Waals surface area contributed by atoms with Crippen LogP contribution in [0.5, 0.6) is 11.5 Å². The van der Waals surface area contributed by atoms with Gasteiger partial charge in [0.2, 0.25) is 0 Å². The third-order valence-corrected chi connectivity index (χ3v) is 13.2. The van der Waals surface area contributed by atoms with Crippen LogP contribution in [-0.4, -0.2) is 23.3 Å². The zero-order chi connectivity index (χ0) is 47.0. The minimum Gasteiger partial charge on any atom is -0.457 e. The molecule has 2 aromatic heterocycles. The lowest BCUT2D eigenvalue weighted by molar-refractivity contribution is 0.345. The van der Waals surface area contributed by atoms with Gasteiger partial charge in [-0.05, 0) is 124 Å². The van der Waals surface area contributed by atoms with E-state index in [9.17, 15) is 5.48 Å². The van der Waals surface area contributed by atoms with E-state index in [0.29, 0.717) is 53.5 Å². The van der Waals surface area contributed by atoms with Crippen molar-refractivity contribution in [3.63, 3.8) is 0 Å². The predicted molar refractivity (Wildman–Crippen MR) is 265 cm³/mol. The monoisotopic (exact) mass is 833 g/mol. The van der Waals surface area contributed by atoms with Gasteiger partial charge in [0.05, 0.1) is 29.1 Å². The van der Waals surface area contributed by atoms with E-state index in [0.717, 1.165) is 44.5 Å². The lowest BCUT2D eigenvalue weighted by Crippen LogP contribution is -2.30. The first-order chi connectivity index (χ1) is 32.1. The maximum atomic E-state index is 9.56. The first-order valence-electron chi connectivity index (χ1n) is 24.7. The van der Waals surface area contributed by atoms with Gasteiger partial charge in [-0.2, -0.15) is 0 Å². The van der Waals surface area contributed by atoms with Gasteiger partial charge in [0, 0.05) is 52.7 Å². The van der Waals surface area contributed by atoms with Crippen LogP contribution >= 0.6 is 0 Å². The van der Waals surface area contributed by atoms with Crippen molar-refractivity contribution in [2.75, 3.05) is 23.5 Å². The fraction of sp³-hybridized carbons (Fsp3) is 0.293. The number of hydrogen-bond acceptors (Lipinski definition) is 4. The van der Waals surface area contributed by atoms with Crippen molar-refractivity contribution in [3.05, 3.63) is 174 Å². The van der Waals surface area contributed by atoms with Gasteiger partial charge in [0.25, 0.3) is 0 Å². The second-order valence-corrected chi connectivity index (χ2v) is 18.4. The van der Waals surface area contributed by atoms with Gasteiger partial charge in [0.1, 0.15) is 17.3 Å². The average Bonchev–Trinajstić information content (AvgIpc) is 3.82. The van der Waals surface area contributed by atoms with E-state index in [1.165, 1.54) is 27.9 Å². The molecule has 1 aliphatic carbocycles. The second-order valence-electron chi connectivity index (χ2n) is 18.4. The molecule has 0 radical (unpaired) electrons. The van der Waals surface area contributed by atoms with Gasteiger partial charge < -0.3 is 14.5 Å². The molecule has 0 spiro atoms. The van der Waals surface area contributed by atoms with E-state index in [1.54, 1.807) is 6.20 Å². The van der Waals surface area contributed by atoms with Crippen LogP contribution in [0.2, 0.25) is 0 Å². The summed E-state index contributed by atoms with van der Waals surface area (Å²) < 4.78 is 47.4. The van der Waals surface area contributed by atoms with Gasteiger partial charge in [-0.3, -0.25) is 4.57 Å². The molecule has 0 unspecified atom stereocenters. The molecule has 10 rings (SSSR count). The standard InChI is InChI=1S/C58H60N4O/c1-38(2)41-32-50(39(3)4)57(51(33-41)40(5)6)42-30-45(61-37-60(7)53-22-14-15-23-54(53)61)35-47(31-42)63-46-24-25-49-48-20-12-13-21-52(48)62(55(49)36-46)56-34-44(26-29-59-56)58(27-16-9-17-28-58)43-18-10-8-11-19-43/h8,10-15,18-26,29-36,38-40H,9,16-17,27-28,37H2,1-7H3/i27D2,28D2. The smallest absolute Gasteiger partial charge is 0.137 e. The number of para-hydroxylation sites is 3. The summed E-state index contributed by atoms with van der Waals surface area (Å²) in [7, 11) is 2.14. The minimum atomic E-state index is -1.88. The Morgan fingerprint density at radius 2 is 1.29 bits per heavy atom. The van der Waals surface area contributed by atoms with Gasteiger partial charge in [-0.15, -0.1) is 0 Å². The van der Waals surface area contributed by atoms with Crippen LogP contribution in [0.25, 0.3) is 38.8 Å². The molecule has 0 N–H and O–H groups in total. The number of fused-ring (bicyclic) bond motifs is 4.